The Morgan fingerprint density at radius 1 is 1.47 bits per heavy atom. The molecule has 0 spiro atoms. The molecule has 0 radical (unpaired) electrons. The summed E-state index contributed by atoms with van der Waals surface area (Å²) < 4.78 is 0. The molecule has 2 N–H and O–H groups in total. The summed E-state index contributed by atoms with van der Waals surface area (Å²) in [5.41, 5.74) is 0. The minimum atomic E-state index is -0.958. The van der Waals surface area contributed by atoms with E-state index < -0.39 is 12.0 Å². The van der Waals surface area contributed by atoms with Crippen LogP contribution in [0, 0.1) is 11.8 Å². The molecule has 0 aromatic heterocycles. The molecule has 2 amide bonds. The number of nitrogens with zero attached hydrogens (tertiary/aromatic N) is 1. The van der Waals surface area contributed by atoms with Gasteiger partial charge < -0.3 is 15.3 Å². The van der Waals surface area contributed by atoms with Crippen molar-refractivity contribution >= 4 is 12.0 Å². The molecule has 1 saturated carbocycles. The summed E-state index contributed by atoms with van der Waals surface area (Å²) in [6.07, 6.45) is 2.91. The first-order valence-corrected chi connectivity index (χ1v) is 6.20. The van der Waals surface area contributed by atoms with Gasteiger partial charge in [0.25, 0.3) is 0 Å². The van der Waals surface area contributed by atoms with E-state index in [1.54, 1.807) is 6.92 Å². The standard InChI is InChI=1S/C12H22N2O3/c1-4-10(11(15)16)14(3)12(17)13-7-8(2)9-5-6-9/h8-10H,4-7H2,1-3H3,(H,13,17)(H,15,16). The highest BCUT2D eigenvalue weighted by Gasteiger charge is 2.29. The van der Waals surface area contributed by atoms with Crippen molar-refractivity contribution in [1.29, 1.82) is 0 Å². The third-order valence-corrected chi connectivity index (χ3v) is 3.46. The Kier molecular flexibility index (Phi) is 4.78. The molecule has 0 aromatic rings. The summed E-state index contributed by atoms with van der Waals surface area (Å²) in [5.74, 6) is 0.264. The van der Waals surface area contributed by atoms with E-state index in [1.807, 2.05) is 0 Å². The number of carbonyl (C=O) groups excluding carboxylic acids is 1. The maximum Gasteiger partial charge on any atom is 0.326 e. The zero-order chi connectivity index (χ0) is 13.0. The van der Waals surface area contributed by atoms with E-state index in [0.717, 1.165) is 5.92 Å². The number of nitrogens with one attached hydrogen (secondary N) is 1. The first-order chi connectivity index (χ1) is 7.97. The molecule has 17 heavy (non-hydrogen) atoms. The van der Waals surface area contributed by atoms with E-state index >= 15 is 0 Å². The Bertz CT molecular complexity index is 289. The summed E-state index contributed by atoms with van der Waals surface area (Å²) >= 11 is 0. The Balaban J connectivity index is 2.36. The average molecular weight is 242 g/mol. The molecule has 0 aromatic carbocycles. The number of hydrogen-bond donors (Lipinski definition) is 2. The van der Waals surface area contributed by atoms with Crippen LogP contribution in [0.2, 0.25) is 0 Å². The lowest BCUT2D eigenvalue weighted by molar-refractivity contribution is -0.141. The van der Waals surface area contributed by atoms with Crippen molar-refractivity contribution in [3.8, 4) is 0 Å². The topological polar surface area (TPSA) is 69.6 Å². The van der Waals surface area contributed by atoms with Crippen LogP contribution in [0.3, 0.4) is 0 Å². The highest BCUT2D eigenvalue weighted by molar-refractivity contribution is 5.82. The fourth-order valence-corrected chi connectivity index (χ4v) is 1.96. The minimum Gasteiger partial charge on any atom is -0.480 e. The SMILES string of the molecule is CCC(C(=O)O)N(C)C(=O)NCC(C)C1CC1. The van der Waals surface area contributed by atoms with Crippen LogP contribution in [0.15, 0.2) is 0 Å². The number of amides is 2. The smallest absolute Gasteiger partial charge is 0.326 e. The van der Waals surface area contributed by atoms with Crippen molar-refractivity contribution in [3.63, 3.8) is 0 Å². The van der Waals surface area contributed by atoms with Crippen LogP contribution < -0.4 is 5.32 Å². The van der Waals surface area contributed by atoms with Crippen LogP contribution >= 0.6 is 0 Å². The maximum atomic E-state index is 11.7. The van der Waals surface area contributed by atoms with Crippen molar-refractivity contribution in [3.05, 3.63) is 0 Å². The van der Waals surface area contributed by atoms with E-state index in [2.05, 4.69) is 12.2 Å². The number of urea groups is 1. The van der Waals surface area contributed by atoms with Gasteiger partial charge >= 0.3 is 12.0 Å². The molecule has 1 aliphatic carbocycles. The molecule has 1 aliphatic rings. The second-order valence-corrected chi connectivity index (χ2v) is 4.87. The summed E-state index contributed by atoms with van der Waals surface area (Å²) in [5, 5.41) is 11.7. The van der Waals surface area contributed by atoms with Crippen LogP contribution in [0.4, 0.5) is 4.79 Å². The Labute approximate surface area is 102 Å². The minimum absolute atomic E-state index is 0.299. The number of carbonyl (C=O) groups is 2. The summed E-state index contributed by atoms with van der Waals surface area (Å²) in [6.45, 7) is 4.51. The first kappa shape index (κ1) is 13.8. The highest BCUT2D eigenvalue weighted by atomic mass is 16.4. The molecular formula is C12H22N2O3. The second-order valence-electron chi connectivity index (χ2n) is 4.87. The van der Waals surface area contributed by atoms with Gasteiger partial charge in [-0.1, -0.05) is 13.8 Å². The predicted molar refractivity (Wildman–Crippen MR) is 64.8 cm³/mol. The van der Waals surface area contributed by atoms with E-state index in [0.29, 0.717) is 18.9 Å². The van der Waals surface area contributed by atoms with Crippen LogP contribution in [-0.4, -0.2) is 41.6 Å². The molecule has 0 heterocycles. The maximum absolute atomic E-state index is 11.7. The number of carboxylic acid groups (broad SMARTS) is 1. The molecule has 5 nitrogen and oxygen atoms in total. The number of carboxylic acids is 1. The fourth-order valence-electron chi connectivity index (χ4n) is 1.96. The van der Waals surface area contributed by atoms with Crippen molar-refractivity contribution < 1.29 is 14.7 Å². The Morgan fingerprint density at radius 3 is 2.47 bits per heavy atom. The van der Waals surface area contributed by atoms with E-state index in [4.69, 9.17) is 5.11 Å². The lowest BCUT2D eigenvalue weighted by Crippen LogP contribution is -2.47. The quantitative estimate of drug-likeness (QED) is 0.742. The predicted octanol–water partition coefficient (Wildman–Crippen LogP) is 1.54. The van der Waals surface area contributed by atoms with E-state index in [-0.39, 0.29) is 6.03 Å². The summed E-state index contributed by atoms with van der Waals surface area (Å²) in [4.78, 5) is 23.9. The zero-order valence-corrected chi connectivity index (χ0v) is 10.8. The van der Waals surface area contributed by atoms with Gasteiger partial charge in [-0.15, -0.1) is 0 Å². The number of likely N-dealkylation sites (N-methyl/N-ethyl adjacent to an activating group) is 1. The van der Waals surface area contributed by atoms with Crippen LogP contribution in [0.1, 0.15) is 33.1 Å². The zero-order valence-electron chi connectivity index (χ0n) is 10.8. The summed E-state index contributed by atoms with van der Waals surface area (Å²) in [7, 11) is 1.53. The second kappa shape index (κ2) is 5.89. The van der Waals surface area contributed by atoms with E-state index in [9.17, 15) is 9.59 Å². The third-order valence-electron chi connectivity index (χ3n) is 3.46. The Hall–Kier alpha value is -1.26. The number of hydrogen-bond acceptors (Lipinski definition) is 2. The van der Waals surface area contributed by atoms with Gasteiger partial charge in [0.05, 0.1) is 0 Å². The lowest BCUT2D eigenvalue weighted by Gasteiger charge is -2.24. The average Bonchev–Trinajstić information content (AvgIpc) is 3.09. The normalized spacial score (nSPS) is 18.3. The largest absolute Gasteiger partial charge is 0.480 e. The molecule has 0 aliphatic heterocycles. The van der Waals surface area contributed by atoms with Gasteiger partial charge in [0.1, 0.15) is 6.04 Å². The number of rotatable bonds is 6. The van der Waals surface area contributed by atoms with Crippen LogP contribution in [0.25, 0.3) is 0 Å². The monoisotopic (exact) mass is 242 g/mol. The Morgan fingerprint density at radius 2 is 2.06 bits per heavy atom. The van der Waals surface area contributed by atoms with Crippen LogP contribution in [-0.2, 0) is 4.79 Å². The van der Waals surface area contributed by atoms with Crippen molar-refractivity contribution in [2.75, 3.05) is 13.6 Å². The summed E-state index contributed by atoms with van der Waals surface area (Å²) in [6, 6.07) is -1.04. The molecule has 2 unspecified atom stereocenters. The first-order valence-electron chi connectivity index (χ1n) is 6.20. The van der Waals surface area contributed by atoms with Gasteiger partial charge in [-0.2, -0.15) is 0 Å². The van der Waals surface area contributed by atoms with E-state index in [1.165, 1.54) is 24.8 Å². The molecular weight excluding hydrogens is 220 g/mol. The molecule has 5 heteroatoms. The molecule has 1 rings (SSSR count). The van der Waals surface area contributed by atoms with Gasteiger partial charge in [0, 0.05) is 13.6 Å². The van der Waals surface area contributed by atoms with Crippen molar-refractivity contribution in [2.24, 2.45) is 11.8 Å². The molecule has 98 valence electrons. The van der Waals surface area contributed by atoms with Gasteiger partial charge in [-0.05, 0) is 31.1 Å². The number of aliphatic carboxylic acids is 1. The van der Waals surface area contributed by atoms with Gasteiger partial charge in [-0.25, -0.2) is 9.59 Å². The van der Waals surface area contributed by atoms with Gasteiger partial charge in [0.2, 0.25) is 0 Å². The third kappa shape index (κ3) is 3.91. The molecule has 1 fully saturated rings. The van der Waals surface area contributed by atoms with Crippen LogP contribution in [0.5, 0.6) is 0 Å². The molecule has 2 atom stereocenters. The fraction of sp³-hybridized carbons (Fsp3) is 0.833. The van der Waals surface area contributed by atoms with Crippen molar-refractivity contribution in [1.82, 2.24) is 10.2 Å². The molecule has 0 bridgehead atoms. The van der Waals surface area contributed by atoms with Gasteiger partial charge in [-0.3, -0.25) is 0 Å². The highest BCUT2D eigenvalue weighted by Crippen LogP contribution is 2.36. The van der Waals surface area contributed by atoms with Crippen molar-refractivity contribution in [2.45, 2.75) is 39.2 Å². The molecule has 0 saturated heterocycles. The lowest BCUT2D eigenvalue weighted by atomic mass is 10.1. The van der Waals surface area contributed by atoms with Gasteiger partial charge in [0.15, 0.2) is 0 Å².